The van der Waals surface area contributed by atoms with Crippen molar-refractivity contribution in [1.29, 1.82) is 0 Å². The Morgan fingerprint density at radius 2 is 1.96 bits per heavy atom. The van der Waals surface area contributed by atoms with Gasteiger partial charge in [-0.2, -0.15) is 18.3 Å². The van der Waals surface area contributed by atoms with Crippen LogP contribution < -0.4 is 0 Å². The van der Waals surface area contributed by atoms with Crippen LogP contribution in [0.15, 0.2) is 29.3 Å². The molecule has 23 heavy (non-hydrogen) atoms. The molecule has 1 aromatic heterocycles. The maximum Gasteiger partial charge on any atom is 0.416 e. The van der Waals surface area contributed by atoms with Gasteiger partial charge in [0, 0.05) is 11.8 Å². The Bertz CT molecular complexity index is 856. The van der Waals surface area contributed by atoms with Crippen molar-refractivity contribution in [3.63, 3.8) is 0 Å². The zero-order chi connectivity index (χ0) is 17.4. The number of nitrogens with zero attached hydrogens (tertiary/aromatic N) is 1. The van der Waals surface area contributed by atoms with Gasteiger partial charge < -0.3 is 5.11 Å². The molecule has 2 aromatic rings. The van der Waals surface area contributed by atoms with Crippen molar-refractivity contribution in [3.8, 4) is 0 Å². The zero-order valence-electron chi connectivity index (χ0n) is 11.7. The highest BCUT2D eigenvalue weighted by Crippen LogP contribution is 2.32. The molecule has 6 nitrogen and oxygen atoms in total. The molecular formula is C13H11F3N2O4S. The van der Waals surface area contributed by atoms with E-state index in [1.54, 1.807) is 0 Å². The van der Waals surface area contributed by atoms with Crippen molar-refractivity contribution in [1.82, 2.24) is 10.2 Å². The number of nitrogens with one attached hydrogen (secondary N) is 1. The average molecular weight is 348 g/mol. The first-order valence-corrected chi connectivity index (χ1v) is 8.04. The summed E-state index contributed by atoms with van der Waals surface area (Å²) in [6, 6.07) is 1.84. The smallest absolute Gasteiger partial charge is 0.390 e. The Morgan fingerprint density at radius 1 is 1.30 bits per heavy atom. The van der Waals surface area contributed by atoms with Crippen molar-refractivity contribution in [2.24, 2.45) is 0 Å². The molecule has 0 amide bonds. The maximum atomic E-state index is 12.8. The minimum absolute atomic E-state index is 0.0364. The van der Waals surface area contributed by atoms with Gasteiger partial charge in [-0.05, 0) is 18.2 Å². The van der Waals surface area contributed by atoms with Crippen LogP contribution in [0.1, 0.15) is 27.2 Å². The molecule has 0 saturated carbocycles. The zero-order valence-corrected chi connectivity index (χ0v) is 12.5. The lowest BCUT2D eigenvalue weighted by Crippen LogP contribution is -2.13. The first kappa shape index (κ1) is 17.2. The molecule has 0 spiro atoms. The van der Waals surface area contributed by atoms with Crippen molar-refractivity contribution in [3.05, 3.63) is 46.8 Å². The van der Waals surface area contributed by atoms with Crippen LogP contribution in [-0.2, 0) is 22.6 Å². The van der Waals surface area contributed by atoms with E-state index in [-0.39, 0.29) is 11.3 Å². The SMILES string of the molecule is CS(=O)(=O)c1cc(C(F)(F)F)ccc1C(=O)c1cn[nH]c1CO. The summed E-state index contributed by atoms with van der Waals surface area (Å²) in [5.41, 5.74) is -1.67. The predicted octanol–water partition coefficient (Wildman–Crippen LogP) is 1.56. The Labute approximate surface area is 128 Å². The molecule has 0 atom stereocenters. The van der Waals surface area contributed by atoms with Gasteiger partial charge in [0.25, 0.3) is 0 Å². The third-order valence-corrected chi connectivity index (χ3v) is 4.21. The van der Waals surface area contributed by atoms with E-state index in [1.165, 1.54) is 0 Å². The van der Waals surface area contributed by atoms with Gasteiger partial charge >= 0.3 is 6.18 Å². The number of aromatic nitrogens is 2. The van der Waals surface area contributed by atoms with E-state index in [0.717, 1.165) is 12.3 Å². The van der Waals surface area contributed by atoms with Crippen LogP contribution in [0.5, 0.6) is 0 Å². The van der Waals surface area contributed by atoms with Crippen molar-refractivity contribution in [2.45, 2.75) is 17.7 Å². The van der Waals surface area contributed by atoms with Gasteiger partial charge in [0.15, 0.2) is 15.6 Å². The van der Waals surface area contributed by atoms with Gasteiger partial charge in [0.1, 0.15) is 0 Å². The quantitative estimate of drug-likeness (QED) is 0.817. The van der Waals surface area contributed by atoms with Crippen LogP contribution in [0.4, 0.5) is 13.2 Å². The summed E-state index contributed by atoms with van der Waals surface area (Å²) >= 11 is 0. The number of hydrogen-bond donors (Lipinski definition) is 2. The molecule has 1 aromatic carbocycles. The highest BCUT2D eigenvalue weighted by atomic mass is 32.2. The topological polar surface area (TPSA) is 100 Å². The molecule has 0 aliphatic rings. The normalized spacial score (nSPS) is 12.4. The van der Waals surface area contributed by atoms with E-state index in [9.17, 15) is 26.4 Å². The van der Waals surface area contributed by atoms with Crippen LogP contribution in [0, 0.1) is 0 Å². The first-order chi connectivity index (χ1) is 10.6. The Morgan fingerprint density at radius 3 is 2.48 bits per heavy atom. The Hall–Kier alpha value is -2.20. The minimum atomic E-state index is -4.74. The van der Waals surface area contributed by atoms with E-state index in [0.29, 0.717) is 18.4 Å². The maximum absolute atomic E-state index is 12.8. The standard InChI is InChI=1S/C13H11F3N2O4S/c1-23(21,22)11-4-7(13(14,15)16)2-3-8(11)12(20)9-5-17-18-10(9)6-19/h2-5,19H,6H2,1H3,(H,17,18). The molecular weight excluding hydrogens is 337 g/mol. The lowest BCUT2D eigenvalue weighted by atomic mass is 10.0. The number of H-pyrrole nitrogens is 1. The van der Waals surface area contributed by atoms with Crippen LogP contribution in [-0.4, -0.2) is 35.8 Å². The number of benzene rings is 1. The number of aromatic amines is 1. The lowest BCUT2D eigenvalue weighted by Gasteiger charge is -2.12. The molecule has 0 bridgehead atoms. The second kappa shape index (κ2) is 5.78. The van der Waals surface area contributed by atoms with Gasteiger partial charge in [0.05, 0.1) is 34.5 Å². The van der Waals surface area contributed by atoms with Gasteiger partial charge in [-0.3, -0.25) is 9.89 Å². The van der Waals surface area contributed by atoms with Crippen molar-refractivity contribution in [2.75, 3.05) is 6.26 Å². The summed E-state index contributed by atoms with van der Waals surface area (Å²) in [5.74, 6) is -0.850. The number of carbonyl (C=O) groups excluding carboxylic acids is 1. The fourth-order valence-corrected chi connectivity index (χ4v) is 2.87. The second-order valence-electron chi connectivity index (χ2n) is 4.73. The number of carbonyl (C=O) groups is 1. The van der Waals surface area contributed by atoms with Gasteiger partial charge in [-0.25, -0.2) is 8.42 Å². The molecule has 0 radical (unpaired) electrons. The lowest BCUT2D eigenvalue weighted by molar-refractivity contribution is -0.137. The first-order valence-electron chi connectivity index (χ1n) is 6.15. The Kier molecular flexibility index (Phi) is 4.31. The highest BCUT2D eigenvalue weighted by molar-refractivity contribution is 7.90. The number of hydrogen-bond acceptors (Lipinski definition) is 5. The third kappa shape index (κ3) is 3.42. The minimum Gasteiger partial charge on any atom is -0.390 e. The summed E-state index contributed by atoms with van der Waals surface area (Å²) in [7, 11) is -4.09. The molecule has 124 valence electrons. The molecule has 0 aliphatic heterocycles. The van der Waals surface area contributed by atoms with E-state index in [1.807, 2.05) is 0 Å². The molecule has 2 N–H and O–H groups in total. The van der Waals surface area contributed by atoms with Gasteiger partial charge in [-0.15, -0.1) is 0 Å². The van der Waals surface area contributed by atoms with E-state index < -0.39 is 44.4 Å². The number of aliphatic hydroxyl groups is 1. The number of sulfone groups is 1. The number of alkyl halides is 3. The molecule has 10 heteroatoms. The number of halogens is 3. The number of aliphatic hydroxyl groups excluding tert-OH is 1. The fourth-order valence-electron chi connectivity index (χ4n) is 1.97. The van der Waals surface area contributed by atoms with Crippen LogP contribution in [0.3, 0.4) is 0 Å². The second-order valence-corrected chi connectivity index (χ2v) is 6.71. The largest absolute Gasteiger partial charge is 0.416 e. The van der Waals surface area contributed by atoms with Crippen molar-refractivity contribution >= 4 is 15.6 Å². The third-order valence-electron chi connectivity index (χ3n) is 3.07. The molecule has 0 aliphatic carbocycles. The van der Waals surface area contributed by atoms with E-state index in [2.05, 4.69) is 10.2 Å². The van der Waals surface area contributed by atoms with Gasteiger partial charge in [-0.1, -0.05) is 0 Å². The summed E-state index contributed by atoms with van der Waals surface area (Å²) in [6.07, 6.45) is -2.97. The predicted molar refractivity (Wildman–Crippen MR) is 72.5 cm³/mol. The molecule has 0 saturated heterocycles. The van der Waals surface area contributed by atoms with Crippen LogP contribution in [0.2, 0.25) is 0 Å². The van der Waals surface area contributed by atoms with Crippen LogP contribution >= 0.6 is 0 Å². The van der Waals surface area contributed by atoms with E-state index >= 15 is 0 Å². The highest BCUT2D eigenvalue weighted by Gasteiger charge is 2.33. The van der Waals surface area contributed by atoms with E-state index in [4.69, 9.17) is 5.11 Å². The summed E-state index contributed by atoms with van der Waals surface area (Å²) < 4.78 is 61.8. The molecule has 0 unspecified atom stereocenters. The fraction of sp³-hybridized carbons (Fsp3) is 0.231. The number of rotatable bonds is 4. The molecule has 0 fully saturated rings. The summed E-state index contributed by atoms with van der Waals surface area (Å²) in [6.45, 7) is -0.560. The monoisotopic (exact) mass is 348 g/mol. The number of ketones is 1. The summed E-state index contributed by atoms with van der Waals surface area (Å²) in [5, 5.41) is 15.0. The molecule has 2 rings (SSSR count). The average Bonchev–Trinajstić information content (AvgIpc) is 2.92. The summed E-state index contributed by atoms with van der Waals surface area (Å²) in [4.78, 5) is 11.7. The molecule has 1 heterocycles. The Balaban J connectivity index is 2.65. The van der Waals surface area contributed by atoms with Crippen molar-refractivity contribution < 1.29 is 31.5 Å². The van der Waals surface area contributed by atoms with Gasteiger partial charge in [0.2, 0.25) is 0 Å². The van der Waals surface area contributed by atoms with Crippen LogP contribution in [0.25, 0.3) is 0 Å².